The molecule has 3 nitrogen and oxygen atoms in total. The minimum absolute atomic E-state index is 0.0246. The van der Waals surface area contributed by atoms with Gasteiger partial charge in [0.2, 0.25) is 5.78 Å². The third-order valence-corrected chi connectivity index (χ3v) is 4.55. The summed E-state index contributed by atoms with van der Waals surface area (Å²) < 4.78 is 0. The first kappa shape index (κ1) is 9.37. The Morgan fingerprint density at radius 3 is 2.67 bits per heavy atom. The van der Waals surface area contributed by atoms with Crippen LogP contribution in [0.3, 0.4) is 0 Å². The molecule has 82 valence electrons. The first-order valence-corrected chi connectivity index (χ1v) is 6.12. The Balaban J connectivity index is 1.87. The van der Waals surface area contributed by atoms with Crippen LogP contribution in [-0.4, -0.2) is 17.7 Å². The lowest BCUT2D eigenvalue weighted by molar-refractivity contribution is -0.137. The van der Waals surface area contributed by atoms with Crippen molar-refractivity contribution in [2.45, 2.75) is 44.6 Å². The molecule has 1 amide bonds. The highest BCUT2D eigenvalue weighted by atomic mass is 16.2. The Morgan fingerprint density at radius 2 is 1.80 bits per heavy atom. The highest BCUT2D eigenvalue weighted by molar-refractivity contribution is 6.39. The van der Waals surface area contributed by atoms with Gasteiger partial charge in [-0.2, -0.15) is 0 Å². The van der Waals surface area contributed by atoms with E-state index in [2.05, 4.69) is 5.32 Å². The summed E-state index contributed by atoms with van der Waals surface area (Å²) in [5.41, 5.74) is 0. The van der Waals surface area contributed by atoms with E-state index in [1.807, 2.05) is 0 Å². The number of ketones is 1. The van der Waals surface area contributed by atoms with Crippen molar-refractivity contribution >= 4 is 11.7 Å². The van der Waals surface area contributed by atoms with Crippen LogP contribution in [0.1, 0.15) is 38.5 Å². The third kappa shape index (κ3) is 1.32. The number of amides is 1. The Hall–Kier alpha value is -0.860. The van der Waals surface area contributed by atoms with E-state index in [0.717, 1.165) is 18.8 Å². The van der Waals surface area contributed by atoms with Crippen molar-refractivity contribution in [1.82, 2.24) is 5.32 Å². The summed E-state index contributed by atoms with van der Waals surface area (Å²) in [5.74, 6) is 0.796. The summed E-state index contributed by atoms with van der Waals surface area (Å²) in [6, 6.07) is 0.171. The first-order valence-electron chi connectivity index (χ1n) is 6.12. The van der Waals surface area contributed by atoms with Crippen molar-refractivity contribution in [2.75, 3.05) is 0 Å². The van der Waals surface area contributed by atoms with Gasteiger partial charge in [0, 0.05) is 6.04 Å². The van der Waals surface area contributed by atoms with Crippen molar-refractivity contribution in [3.8, 4) is 0 Å². The van der Waals surface area contributed by atoms with Crippen molar-refractivity contribution in [2.24, 2.45) is 17.8 Å². The fraction of sp³-hybridized carbons (Fsp3) is 0.833. The molecule has 2 aliphatic carbocycles. The quantitative estimate of drug-likeness (QED) is 0.608. The van der Waals surface area contributed by atoms with Gasteiger partial charge in [0.05, 0.1) is 5.92 Å². The monoisotopic (exact) mass is 207 g/mol. The van der Waals surface area contributed by atoms with Crippen molar-refractivity contribution < 1.29 is 9.59 Å². The highest BCUT2D eigenvalue weighted by Gasteiger charge is 2.50. The predicted molar refractivity (Wildman–Crippen MR) is 55.1 cm³/mol. The molecule has 0 aromatic heterocycles. The van der Waals surface area contributed by atoms with E-state index >= 15 is 0 Å². The second-order valence-electron chi connectivity index (χ2n) is 5.26. The van der Waals surface area contributed by atoms with Crippen molar-refractivity contribution in [3.63, 3.8) is 0 Å². The molecule has 0 spiro atoms. The second kappa shape index (κ2) is 3.32. The molecule has 3 aliphatic rings. The van der Waals surface area contributed by atoms with E-state index in [-0.39, 0.29) is 23.7 Å². The number of hydrogen-bond acceptors (Lipinski definition) is 2. The molecule has 0 radical (unpaired) electrons. The Kier molecular flexibility index (Phi) is 2.08. The van der Waals surface area contributed by atoms with Crippen LogP contribution in [0.4, 0.5) is 0 Å². The smallest absolute Gasteiger partial charge is 0.287 e. The summed E-state index contributed by atoms with van der Waals surface area (Å²) in [7, 11) is 0. The van der Waals surface area contributed by atoms with E-state index in [1.54, 1.807) is 0 Å². The maximum absolute atomic E-state index is 11.8. The maximum Gasteiger partial charge on any atom is 0.287 e. The molecule has 1 N–H and O–H groups in total. The molecule has 2 saturated carbocycles. The molecule has 1 aliphatic heterocycles. The van der Waals surface area contributed by atoms with Crippen LogP contribution in [0, 0.1) is 17.8 Å². The van der Waals surface area contributed by atoms with Crippen LogP contribution in [0.15, 0.2) is 0 Å². The fourth-order valence-electron chi connectivity index (χ4n) is 3.87. The van der Waals surface area contributed by atoms with Gasteiger partial charge in [0.15, 0.2) is 0 Å². The largest absolute Gasteiger partial charge is 0.346 e. The molecule has 3 heteroatoms. The average Bonchev–Trinajstić information content (AvgIpc) is 2.55. The van der Waals surface area contributed by atoms with E-state index in [4.69, 9.17) is 0 Å². The number of nitrogens with one attached hydrogen (secondary N) is 1. The summed E-state index contributed by atoms with van der Waals surface area (Å²) in [5, 5.41) is 2.85. The van der Waals surface area contributed by atoms with Crippen LogP contribution in [-0.2, 0) is 9.59 Å². The first-order chi connectivity index (χ1) is 7.27. The van der Waals surface area contributed by atoms with Gasteiger partial charge in [0.25, 0.3) is 5.91 Å². The molecule has 1 heterocycles. The molecule has 3 rings (SSSR count). The fourth-order valence-corrected chi connectivity index (χ4v) is 3.87. The SMILES string of the molecule is O=C1NC2CCC3CCCCC3C2C1=O. The topological polar surface area (TPSA) is 46.2 Å². The Morgan fingerprint density at radius 1 is 1.00 bits per heavy atom. The second-order valence-corrected chi connectivity index (χ2v) is 5.26. The van der Waals surface area contributed by atoms with Gasteiger partial charge in [-0.15, -0.1) is 0 Å². The summed E-state index contributed by atoms with van der Waals surface area (Å²) in [4.78, 5) is 23.1. The summed E-state index contributed by atoms with van der Waals surface area (Å²) in [6.07, 6.45) is 7.21. The summed E-state index contributed by atoms with van der Waals surface area (Å²) >= 11 is 0. The number of carbonyl (C=O) groups is 2. The standard InChI is InChI=1S/C12H17NO2/c14-11-10-8-4-2-1-3-7(8)5-6-9(10)13-12(11)15/h7-10H,1-6H2,(H,13,15). The van der Waals surface area contributed by atoms with Crippen molar-refractivity contribution in [3.05, 3.63) is 0 Å². The van der Waals surface area contributed by atoms with Gasteiger partial charge in [0.1, 0.15) is 0 Å². The minimum Gasteiger partial charge on any atom is -0.346 e. The van der Waals surface area contributed by atoms with Gasteiger partial charge in [-0.1, -0.05) is 19.3 Å². The zero-order chi connectivity index (χ0) is 10.4. The summed E-state index contributed by atoms with van der Waals surface area (Å²) in [6.45, 7) is 0. The van der Waals surface area contributed by atoms with Gasteiger partial charge >= 0.3 is 0 Å². The molecule has 0 aromatic rings. The lowest BCUT2D eigenvalue weighted by Gasteiger charge is -2.41. The Bertz CT molecular complexity index is 313. The van der Waals surface area contributed by atoms with Crippen LogP contribution in [0.5, 0.6) is 0 Å². The predicted octanol–water partition coefficient (Wildman–Crippen LogP) is 1.27. The molecule has 3 fully saturated rings. The van der Waals surface area contributed by atoms with E-state index in [9.17, 15) is 9.59 Å². The molecule has 0 bridgehead atoms. The van der Waals surface area contributed by atoms with Crippen LogP contribution >= 0.6 is 0 Å². The molecular weight excluding hydrogens is 190 g/mol. The zero-order valence-corrected chi connectivity index (χ0v) is 8.87. The number of hydrogen-bond donors (Lipinski definition) is 1. The maximum atomic E-state index is 11.8. The minimum atomic E-state index is -0.323. The molecule has 1 saturated heterocycles. The normalized spacial score (nSPS) is 44.5. The lowest BCUT2D eigenvalue weighted by atomic mass is 9.64. The Labute approximate surface area is 89.6 Å². The van der Waals surface area contributed by atoms with Gasteiger partial charge < -0.3 is 5.32 Å². The molecule has 15 heavy (non-hydrogen) atoms. The number of rotatable bonds is 0. The van der Waals surface area contributed by atoms with Crippen LogP contribution in [0.2, 0.25) is 0 Å². The van der Waals surface area contributed by atoms with Gasteiger partial charge in [-0.3, -0.25) is 9.59 Å². The van der Waals surface area contributed by atoms with Gasteiger partial charge in [-0.25, -0.2) is 0 Å². The number of carbonyl (C=O) groups excluding carboxylic acids is 2. The zero-order valence-electron chi connectivity index (χ0n) is 8.87. The van der Waals surface area contributed by atoms with E-state index in [0.29, 0.717) is 5.92 Å². The lowest BCUT2D eigenvalue weighted by Crippen LogP contribution is -2.42. The molecule has 0 aromatic carbocycles. The highest BCUT2D eigenvalue weighted by Crippen LogP contribution is 2.45. The van der Waals surface area contributed by atoms with E-state index in [1.165, 1.54) is 25.7 Å². The van der Waals surface area contributed by atoms with Crippen molar-refractivity contribution in [1.29, 1.82) is 0 Å². The van der Waals surface area contributed by atoms with Crippen LogP contribution in [0.25, 0.3) is 0 Å². The van der Waals surface area contributed by atoms with Gasteiger partial charge in [-0.05, 0) is 31.1 Å². The van der Waals surface area contributed by atoms with E-state index < -0.39 is 0 Å². The van der Waals surface area contributed by atoms with Crippen LogP contribution < -0.4 is 5.32 Å². The average molecular weight is 207 g/mol. The molecular formula is C12H17NO2. The number of Topliss-reactive ketones (excluding diaryl/α,β-unsaturated/α-hetero) is 1. The number of fused-ring (bicyclic) bond motifs is 3. The third-order valence-electron chi connectivity index (χ3n) is 4.55. The molecule has 4 unspecified atom stereocenters. The molecule has 4 atom stereocenters.